The molecule has 1 aromatic carbocycles. The molecule has 2 rings (SSSR count). The highest BCUT2D eigenvalue weighted by atomic mass is 16.6. The quantitative estimate of drug-likeness (QED) is 0.679. The van der Waals surface area contributed by atoms with Crippen molar-refractivity contribution in [1.82, 2.24) is 4.90 Å². The van der Waals surface area contributed by atoms with E-state index >= 15 is 0 Å². The number of aryl methyl sites for hydroxylation is 1. The van der Waals surface area contributed by atoms with Crippen LogP contribution in [0.25, 0.3) is 0 Å². The molecule has 1 aliphatic rings. The van der Waals surface area contributed by atoms with Gasteiger partial charge in [-0.15, -0.1) is 0 Å². The Bertz CT molecular complexity index is 494. The van der Waals surface area contributed by atoms with E-state index in [0.717, 1.165) is 38.0 Å². The van der Waals surface area contributed by atoms with Crippen molar-refractivity contribution < 1.29 is 4.92 Å². The van der Waals surface area contributed by atoms with Gasteiger partial charge >= 0.3 is 0 Å². The Morgan fingerprint density at radius 1 is 1.40 bits per heavy atom. The first-order valence-electron chi connectivity index (χ1n) is 7.08. The molecule has 1 fully saturated rings. The lowest BCUT2D eigenvalue weighted by Crippen LogP contribution is -2.40. The molecular formula is C15H23N3O2. The fourth-order valence-corrected chi connectivity index (χ4v) is 2.67. The van der Waals surface area contributed by atoms with Crippen molar-refractivity contribution in [3.8, 4) is 0 Å². The van der Waals surface area contributed by atoms with Gasteiger partial charge in [0, 0.05) is 12.6 Å². The van der Waals surface area contributed by atoms with Crippen molar-refractivity contribution in [3.05, 3.63) is 33.9 Å². The van der Waals surface area contributed by atoms with E-state index in [1.54, 1.807) is 12.1 Å². The van der Waals surface area contributed by atoms with Crippen LogP contribution in [0.5, 0.6) is 0 Å². The van der Waals surface area contributed by atoms with Gasteiger partial charge in [-0.05, 0) is 50.9 Å². The Balaban J connectivity index is 2.09. The van der Waals surface area contributed by atoms with Crippen LogP contribution in [0, 0.1) is 22.5 Å². The number of anilines is 1. The second kappa shape index (κ2) is 5.79. The Kier molecular flexibility index (Phi) is 4.28. The van der Waals surface area contributed by atoms with E-state index in [9.17, 15) is 10.1 Å². The van der Waals surface area contributed by atoms with Gasteiger partial charge < -0.3 is 10.2 Å². The number of para-hydroxylation sites is 1. The number of likely N-dealkylation sites (tertiary alicyclic amines) is 1. The van der Waals surface area contributed by atoms with Gasteiger partial charge in [0.25, 0.3) is 5.69 Å². The highest BCUT2D eigenvalue weighted by Crippen LogP contribution is 2.33. The molecule has 0 aliphatic carbocycles. The Labute approximate surface area is 120 Å². The first-order chi connectivity index (χ1) is 9.41. The van der Waals surface area contributed by atoms with Crippen LogP contribution in [-0.2, 0) is 0 Å². The lowest BCUT2D eigenvalue weighted by atomic mass is 9.80. The summed E-state index contributed by atoms with van der Waals surface area (Å²) in [5, 5.41) is 14.4. The molecule has 0 unspecified atom stereocenters. The molecule has 0 bridgehead atoms. The summed E-state index contributed by atoms with van der Waals surface area (Å²) in [7, 11) is 2.14. The molecule has 5 heteroatoms. The predicted octanol–water partition coefficient (Wildman–Crippen LogP) is 3.05. The Morgan fingerprint density at radius 2 is 2.05 bits per heavy atom. The number of hydrogen-bond donors (Lipinski definition) is 1. The fraction of sp³-hybridized carbons (Fsp3) is 0.600. The SMILES string of the molecule is Cc1cccc([N+](=O)[O-])c1NCC1(C)CCN(C)CC1. The standard InChI is InChI=1S/C15H23N3O2/c1-12-5-4-6-13(18(19)20)14(12)16-11-15(2)7-9-17(3)10-8-15/h4-6,16H,7-11H2,1-3H3. The minimum atomic E-state index is -0.313. The van der Waals surface area contributed by atoms with Crippen LogP contribution in [-0.4, -0.2) is 36.5 Å². The third-order valence-corrected chi connectivity index (χ3v) is 4.33. The topological polar surface area (TPSA) is 58.4 Å². The third kappa shape index (κ3) is 3.28. The molecule has 1 aliphatic heterocycles. The maximum Gasteiger partial charge on any atom is 0.292 e. The molecule has 1 heterocycles. The van der Waals surface area contributed by atoms with Crippen LogP contribution in [0.2, 0.25) is 0 Å². The molecule has 20 heavy (non-hydrogen) atoms. The van der Waals surface area contributed by atoms with Gasteiger partial charge in [-0.2, -0.15) is 0 Å². The molecular weight excluding hydrogens is 254 g/mol. The monoisotopic (exact) mass is 277 g/mol. The lowest BCUT2D eigenvalue weighted by Gasteiger charge is -2.38. The number of rotatable bonds is 4. The number of nitro groups is 1. The molecule has 0 spiro atoms. The highest BCUT2D eigenvalue weighted by molar-refractivity contribution is 5.66. The number of hydrogen-bond acceptors (Lipinski definition) is 4. The van der Waals surface area contributed by atoms with Crippen molar-refractivity contribution in [2.24, 2.45) is 5.41 Å². The van der Waals surface area contributed by atoms with Gasteiger partial charge in [0.15, 0.2) is 0 Å². The number of nitro benzene ring substituents is 1. The third-order valence-electron chi connectivity index (χ3n) is 4.33. The van der Waals surface area contributed by atoms with Crippen LogP contribution < -0.4 is 5.32 Å². The summed E-state index contributed by atoms with van der Waals surface area (Å²) in [6, 6.07) is 5.20. The maximum atomic E-state index is 11.1. The van der Waals surface area contributed by atoms with Gasteiger partial charge in [0.1, 0.15) is 5.69 Å². The van der Waals surface area contributed by atoms with E-state index in [1.165, 1.54) is 0 Å². The number of nitrogens with zero attached hydrogens (tertiary/aromatic N) is 2. The Morgan fingerprint density at radius 3 is 2.65 bits per heavy atom. The van der Waals surface area contributed by atoms with Gasteiger partial charge in [-0.25, -0.2) is 0 Å². The lowest BCUT2D eigenvalue weighted by molar-refractivity contribution is -0.384. The zero-order valence-corrected chi connectivity index (χ0v) is 12.5. The van der Waals surface area contributed by atoms with Gasteiger partial charge in [-0.1, -0.05) is 19.1 Å². The largest absolute Gasteiger partial charge is 0.379 e. The van der Waals surface area contributed by atoms with E-state index in [2.05, 4.69) is 24.2 Å². The van der Waals surface area contributed by atoms with Crippen LogP contribution in [0.1, 0.15) is 25.3 Å². The fourth-order valence-electron chi connectivity index (χ4n) is 2.67. The van der Waals surface area contributed by atoms with Crippen LogP contribution in [0.3, 0.4) is 0 Å². The predicted molar refractivity (Wildman–Crippen MR) is 81.2 cm³/mol. The number of nitrogens with one attached hydrogen (secondary N) is 1. The molecule has 0 saturated carbocycles. The van der Waals surface area contributed by atoms with Gasteiger partial charge in [0.05, 0.1) is 4.92 Å². The van der Waals surface area contributed by atoms with Crippen molar-refractivity contribution in [1.29, 1.82) is 0 Å². The molecule has 1 aromatic rings. The summed E-state index contributed by atoms with van der Waals surface area (Å²) in [5.74, 6) is 0. The first-order valence-corrected chi connectivity index (χ1v) is 7.08. The molecule has 0 aromatic heterocycles. The number of benzene rings is 1. The van der Waals surface area contributed by atoms with E-state index in [1.807, 2.05) is 13.0 Å². The van der Waals surface area contributed by atoms with E-state index in [0.29, 0.717) is 5.69 Å². The molecule has 0 atom stereocenters. The minimum Gasteiger partial charge on any atom is -0.379 e. The average Bonchev–Trinajstić information content (AvgIpc) is 2.41. The zero-order valence-electron chi connectivity index (χ0n) is 12.5. The van der Waals surface area contributed by atoms with Crippen LogP contribution in [0.4, 0.5) is 11.4 Å². The van der Waals surface area contributed by atoms with E-state index in [4.69, 9.17) is 0 Å². The molecule has 5 nitrogen and oxygen atoms in total. The summed E-state index contributed by atoms with van der Waals surface area (Å²) in [5.41, 5.74) is 1.97. The summed E-state index contributed by atoms with van der Waals surface area (Å²) in [6.07, 6.45) is 2.24. The van der Waals surface area contributed by atoms with E-state index < -0.39 is 0 Å². The first kappa shape index (κ1) is 14.8. The highest BCUT2D eigenvalue weighted by Gasteiger charge is 2.29. The average molecular weight is 277 g/mol. The van der Waals surface area contributed by atoms with Crippen molar-refractivity contribution >= 4 is 11.4 Å². The minimum absolute atomic E-state index is 0.168. The smallest absolute Gasteiger partial charge is 0.292 e. The van der Waals surface area contributed by atoms with Crippen molar-refractivity contribution in [2.45, 2.75) is 26.7 Å². The number of piperidine rings is 1. The summed E-state index contributed by atoms with van der Waals surface area (Å²) in [6.45, 7) is 7.14. The van der Waals surface area contributed by atoms with Gasteiger partial charge in [-0.3, -0.25) is 10.1 Å². The second-order valence-electron chi connectivity index (χ2n) is 6.19. The molecule has 0 radical (unpaired) electrons. The van der Waals surface area contributed by atoms with Crippen LogP contribution in [0.15, 0.2) is 18.2 Å². The van der Waals surface area contributed by atoms with Crippen molar-refractivity contribution in [3.63, 3.8) is 0 Å². The van der Waals surface area contributed by atoms with Crippen molar-refractivity contribution in [2.75, 3.05) is 32.0 Å². The molecule has 110 valence electrons. The van der Waals surface area contributed by atoms with E-state index in [-0.39, 0.29) is 16.0 Å². The zero-order chi connectivity index (χ0) is 14.8. The maximum absolute atomic E-state index is 11.1. The molecule has 1 saturated heterocycles. The normalized spacial score (nSPS) is 18.8. The summed E-state index contributed by atoms with van der Waals surface area (Å²) >= 11 is 0. The molecule has 1 N–H and O–H groups in total. The van der Waals surface area contributed by atoms with Gasteiger partial charge in [0.2, 0.25) is 0 Å². The second-order valence-corrected chi connectivity index (χ2v) is 6.19. The summed E-state index contributed by atoms with van der Waals surface area (Å²) < 4.78 is 0. The Hall–Kier alpha value is -1.62. The molecule has 0 amide bonds. The summed E-state index contributed by atoms with van der Waals surface area (Å²) in [4.78, 5) is 13.1. The van der Waals surface area contributed by atoms with Crippen LogP contribution >= 0.6 is 0 Å².